The van der Waals surface area contributed by atoms with Crippen molar-refractivity contribution >= 4 is 17.8 Å². The van der Waals surface area contributed by atoms with Gasteiger partial charge in [-0.2, -0.15) is 0 Å². The number of nitrogens with one attached hydrogen (secondary N) is 2. The molecule has 0 spiro atoms. The number of rotatable bonds is 9. The standard InChI is InChI=1S/C31H41N3O4/c1-21(2)29(35)26-11-10-23-15-18-34(19-16-25(23)20-26)17-14-22-8-12-27(13-9-22)32-30(36)28(33-31(37)38)24-6-4-3-5-7-24/h3-7,10-11,20-22,27-28,33H,8-9,12-19H2,1-2H3,(H,32,36)(H,37,38)/t22?,27?,28-/m1/s1. The number of hydrogen-bond acceptors (Lipinski definition) is 4. The Morgan fingerprint density at radius 1 is 0.947 bits per heavy atom. The lowest BCUT2D eigenvalue weighted by Crippen LogP contribution is -2.45. The number of amides is 2. The molecule has 0 saturated heterocycles. The Morgan fingerprint density at radius 3 is 2.29 bits per heavy atom. The maximum Gasteiger partial charge on any atom is 0.405 e. The zero-order chi connectivity index (χ0) is 27.1. The van der Waals surface area contributed by atoms with Crippen LogP contribution in [0.1, 0.15) is 79.0 Å². The summed E-state index contributed by atoms with van der Waals surface area (Å²) >= 11 is 0. The van der Waals surface area contributed by atoms with Crippen LogP contribution in [0.15, 0.2) is 48.5 Å². The molecule has 1 aliphatic carbocycles. The normalized spacial score (nSPS) is 20.7. The molecule has 2 aromatic carbocycles. The van der Waals surface area contributed by atoms with Crippen molar-refractivity contribution in [2.45, 2.75) is 70.9 Å². The number of ketones is 1. The molecule has 0 radical (unpaired) electrons. The van der Waals surface area contributed by atoms with Gasteiger partial charge in [0.05, 0.1) is 0 Å². The van der Waals surface area contributed by atoms with Gasteiger partial charge >= 0.3 is 6.09 Å². The number of carbonyl (C=O) groups is 3. The van der Waals surface area contributed by atoms with E-state index in [0.29, 0.717) is 11.5 Å². The molecular formula is C31H41N3O4. The van der Waals surface area contributed by atoms with Gasteiger partial charge < -0.3 is 20.6 Å². The van der Waals surface area contributed by atoms with E-state index in [0.717, 1.165) is 70.1 Å². The van der Waals surface area contributed by atoms with Crippen molar-refractivity contribution < 1.29 is 19.5 Å². The second kappa shape index (κ2) is 13.1. The molecule has 38 heavy (non-hydrogen) atoms. The van der Waals surface area contributed by atoms with E-state index < -0.39 is 12.1 Å². The van der Waals surface area contributed by atoms with Crippen LogP contribution in [-0.2, 0) is 17.6 Å². The molecule has 1 heterocycles. The van der Waals surface area contributed by atoms with Gasteiger partial charge in [0, 0.05) is 30.6 Å². The van der Waals surface area contributed by atoms with Crippen molar-refractivity contribution in [3.63, 3.8) is 0 Å². The Labute approximate surface area is 226 Å². The van der Waals surface area contributed by atoms with Crippen LogP contribution < -0.4 is 10.6 Å². The van der Waals surface area contributed by atoms with Gasteiger partial charge in [-0.05, 0) is 80.2 Å². The minimum Gasteiger partial charge on any atom is -0.465 e. The van der Waals surface area contributed by atoms with Crippen LogP contribution in [0.2, 0.25) is 0 Å². The van der Waals surface area contributed by atoms with Crippen LogP contribution >= 0.6 is 0 Å². The van der Waals surface area contributed by atoms with Crippen LogP contribution in [0.3, 0.4) is 0 Å². The molecule has 1 saturated carbocycles. The lowest BCUT2D eigenvalue weighted by Gasteiger charge is -2.31. The Balaban J connectivity index is 1.22. The fourth-order valence-corrected chi connectivity index (χ4v) is 5.80. The van der Waals surface area contributed by atoms with Crippen LogP contribution in [-0.4, -0.2) is 53.5 Å². The van der Waals surface area contributed by atoms with E-state index in [9.17, 15) is 19.5 Å². The molecule has 1 atom stereocenters. The minimum atomic E-state index is -1.21. The Morgan fingerprint density at radius 2 is 1.63 bits per heavy atom. The summed E-state index contributed by atoms with van der Waals surface area (Å²) in [7, 11) is 0. The predicted molar refractivity (Wildman–Crippen MR) is 148 cm³/mol. The largest absolute Gasteiger partial charge is 0.465 e. The maximum absolute atomic E-state index is 12.9. The van der Waals surface area contributed by atoms with Gasteiger partial charge in [-0.3, -0.25) is 9.59 Å². The number of carbonyl (C=O) groups excluding carboxylic acids is 2. The van der Waals surface area contributed by atoms with Gasteiger partial charge in [0.1, 0.15) is 6.04 Å². The van der Waals surface area contributed by atoms with Crippen molar-refractivity contribution in [2.75, 3.05) is 19.6 Å². The zero-order valence-corrected chi connectivity index (χ0v) is 22.6. The SMILES string of the molecule is CC(C)C(=O)c1ccc2c(c1)CCN(CCC1CCC(NC(=O)[C@H](NC(=O)O)c3ccccc3)CC1)CC2. The highest BCUT2D eigenvalue weighted by molar-refractivity contribution is 5.97. The monoisotopic (exact) mass is 519 g/mol. The third kappa shape index (κ3) is 7.44. The highest BCUT2D eigenvalue weighted by atomic mass is 16.4. The second-order valence-electron chi connectivity index (χ2n) is 11.2. The van der Waals surface area contributed by atoms with E-state index in [1.807, 2.05) is 26.0 Å². The van der Waals surface area contributed by atoms with Crippen LogP contribution in [0.5, 0.6) is 0 Å². The zero-order valence-electron chi connectivity index (χ0n) is 22.6. The Kier molecular flexibility index (Phi) is 9.56. The number of hydrogen-bond donors (Lipinski definition) is 3. The molecule has 0 bridgehead atoms. The van der Waals surface area contributed by atoms with E-state index in [1.54, 1.807) is 24.3 Å². The van der Waals surface area contributed by atoms with E-state index >= 15 is 0 Å². The molecule has 4 rings (SSSR count). The predicted octanol–water partition coefficient (Wildman–Crippen LogP) is 5.00. The molecule has 2 aliphatic rings. The second-order valence-corrected chi connectivity index (χ2v) is 11.2. The third-order valence-electron chi connectivity index (χ3n) is 8.12. The summed E-state index contributed by atoms with van der Waals surface area (Å²) in [5.41, 5.74) is 4.17. The Bertz CT molecular complexity index is 1110. The van der Waals surface area contributed by atoms with E-state index in [-0.39, 0.29) is 23.7 Å². The summed E-state index contributed by atoms with van der Waals surface area (Å²) in [4.78, 5) is 39.2. The molecular weight excluding hydrogens is 478 g/mol. The van der Waals surface area contributed by atoms with E-state index in [4.69, 9.17) is 0 Å². The first-order chi connectivity index (χ1) is 18.3. The van der Waals surface area contributed by atoms with Crippen molar-refractivity contribution in [3.05, 3.63) is 70.8 Å². The van der Waals surface area contributed by atoms with Crippen LogP contribution in [0.25, 0.3) is 0 Å². The topological polar surface area (TPSA) is 98.7 Å². The quantitative estimate of drug-likeness (QED) is 0.405. The summed E-state index contributed by atoms with van der Waals surface area (Å²) < 4.78 is 0. The third-order valence-corrected chi connectivity index (χ3v) is 8.12. The fourth-order valence-electron chi connectivity index (χ4n) is 5.80. The van der Waals surface area contributed by atoms with Crippen molar-refractivity contribution in [2.24, 2.45) is 11.8 Å². The highest BCUT2D eigenvalue weighted by Gasteiger charge is 2.28. The number of Topliss-reactive ketones (excluding diaryl/α,β-unsaturated/α-hetero) is 1. The lowest BCUT2D eigenvalue weighted by atomic mass is 9.84. The first kappa shape index (κ1) is 27.8. The first-order valence-corrected chi connectivity index (χ1v) is 14.0. The summed E-state index contributed by atoms with van der Waals surface area (Å²) in [6.07, 6.45) is 5.94. The Hall–Kier alpha value is -3.19. The van der Waals surface area contributed by atoms with Crippen molar-refractivity contribution in [3.8, 4) is 0 Å². The van der Waals surface area contributed by atoms with Crippen LogP contribution in [0, 0.1) is 11.8 Å². The van der Waals surface area contributed by atoms with E-state index in [1.165, 1.54) is 11.1 Å². The van der Waals surface area contributed by atoms with Gasteiger partial charge in [0.15, 0.2) is 5.78 Å². The smallest absolute Gasteiger partial charge is 0.405 e. The highest BCUT2D eigenvalue weighted by Crippen LogP contribution is 2.28. The van der Waals surface area contributed by atoms with Gasteiger partial charge in [-0.25, -0.2) is 4.79 Å². The van der Waals surface area contributed by atoms with Gasteiger partial charge in [-0.15, -0.1) is 0 Å². The van der Waals surface area contributed by atoms with Crippen molar-refractivity contribution in [1.29, 1.82) is 0 Å². The van der Waals surface area contributed by atoms with Gasteiger partial charge in [-0.1, -0.05) is 56.3 Å². The molecule has 2 amide bonds. The molecule has 7 heteroatoms. The fraction of sp³-hybridized carbons (Fsp3) is 0.516. The lowest BCUT2D eigenvalue weighted by molar-refractivity contribution is -0.124. The summed E-state index contributed by atoms with van der Waals surface area (Å²) in [6, 6.07) is 14.4. The number of fused-ring (bicyclic) bond motifs is 1. The van der Waals surface area contributed by atoms with E-state index in [2.05, 4.69) is 27.7 Å². The molecule has 0 unspecified atom stereocenters. The van der Waals surface area contributed by atoms with Gasteiger partial charge in [0.25, 0.3) is 0 Å². The summed E-state index contributed by atoms with van der Waals surface area (Å²) in [6.45, 7) is 7.05. The average molecular weight is 520 g/mol. The van der Waals surface area contributed by atoms with Gasteiger partial charge in [0.2, 0.25) is 5.91 Å². The van der Waals surface area contributed by atoms with Crippen molar-refractivity contribution in [1.82, 2.24) is 15.5 Å². The molecule has 1 fully saturated rings. The number of nitrogens with zero attached hydrogens (tertiary/aromatic N) is 1. The molecule has 204 valence electrons. The molecule has 1 aliphatic heterocycles. The first-order valence-electron chi connectivity index (χ1n) is 14.0. The summed E-state index contributed by atoms with van der Waals surface area (Å²) in [5, 5.41) is 14.7. The average Bonchev–Trinajstić information content (AvgIpc) is 3.13. The molecule has 7 nitrogen and oxygen atoms in total. The molecule has 0 aromatic heterocycles. The maximum atomic E-state index is 12.9. The molecule has 3 N–H and O–H groups in total. The summed E-state index contributed by atoms with van der Waals surface area (Å²) in [5.74, 6) is 0.593. The number of carboxylic acid groups (broad SMARTS) is 1. The number of benzene rings is 2. The van der Waals surface area contributed by atoms with Crippen LogP contribution in [0.4, 0.5) is 4.79 Å². The minimum absolute atomic E-state index is 0.0189. The molecule has 2 aromatic rings.